The first-order chi connectivity index (χ1) is 15.5. The van der Waals surface area contributed by atoms with Gasteiger partial charge in [-0.15, -0.1) is 0 Å². The summed E-state index contributed by atoms with van der Waals surface area (Å²) in [6.07, 6.45) is 0.314. The molecule has 0 fully saturated rings. The van der Waals surface area contributed by atoms with Crippen LogP contribution < -0.4 is 27.0 Å². The van der Waals surface area contributed by atoms with Crippen LogP contribution in [0.25, 0.3) is 0 Å². The minimum Gasteiger partial charge on any atom is -0.481 e. The van der Waals surface area contributed by atoms with Crippen molar-refractivity contribution in [3.05, 3.63) is 0 Å². The second kappa shape index (κ2) is 13.3. The summed E-state index contributed by atoms with van der Waals surface area (Å²) < 4.78 is 0. The van der Waals surface area contributed by atoms with E-state index in [9.17, 15) is 28.8 Å². The monoisotopic (exact) mass is 484 g/mol. The van der Waals surface area contributed by atoms with Gasteiger partial charge in [0.1, 0.15) is 23.7 Å². The molecule has 0 bridgehead atoms. The van der Waals surface area contributed by atoms with Crippen LogP contribution in [0.5, 0.6) is 0 Å². The first-order valence-corrected chi connectivity index (χ1v) is 10.8. The Morgan fingerprint density at radius 3 is 1.82 bits per heavy atom. The molecule has 34 heavy (non-hydrogen) atoms. The number of nitrogens with one attached hydrogen (secondary N) is 5. The number of carbonyl (C=O) groups is 6. The average Bonchev–Trinajstić information content (AvgIpc) is 2.69. The molecule has 0 saturated heterocycles. The smallest absolute Gasteiger partial charge is 0.304 e. The van der Waals surface area contributed by atoms with Gasteiger partial charge in [0, 0.05) is 0 Å². The van der Waals surface area contributed by atoms with Gasteiger partial charge in [-0.3, -0.25) is 28.8 Å². The molecule has 0 aromatic heterocycles. The van der Waals surface area contributed by atoms with Crippen LogP contribution in [0.1, 0.15) is 54.4 Å². The normalized spacial score (nSPS) is 14.7. The van der Waals surface area contributed by atoms with E-state index < -0.39 is 71.5 Å². The van der Waals surface area contributed by atoms with Crippen LogP contribution in [0.4, 0.5) is 0 Å². The molecular weight excluding hydrogens is 448 g/mol. The Hall–Kier alpha value is -3.51. The molecule has 0 heterocycles. The number of hydrogen-bond acceptors (Lipinski definition) is 7. The molecular formula is C21H36N6O7. The van der Waals surface area contributed by atoms with Crippen LogP contribution in [0.15, 0.2) is 0 Å². The number of aliphatic carboxylic acids is 1. The Morgan fingerprint density at radius 2 is 1.38 bits per heavy atom. The first kappa shape index (κ1) is 30.5. The molecule has 8 N–H and O–H groups in total. The Morgan fingerprint density at radius 1 is 0.882 bits per heavy atom. The van der Waals surface area contributed by atoms with Crippen LogP contribution in [0, 0.1) is 17.2 Å². The van der Waals surface area contributed by atoms with E-state index in [0.717, 1.165) is 6.21 Å². The minimum absolute atomic E-state index is 0.101. The average molecular weight is 485 g/mol. The molecule has 0 radical (unpaired) electrons. The van der Waals surface area contributed by atoms with Crippen molar-refractivity contribution in [2.75, 3.05) is 0 Å². The number of carbonyl (C=O) groups excluding carboxylic acids is 5. The van der Waals surface area contributed by atoms with E-state index in [1.54, 1.807) is 13.8 Å². The van der Waals surface area contributed by atoms with Gasteiger partial charge < -0.3 is 37.5 Å². The van der Waals surface area contributed by atoms with Crippen molar-refractivity contribution < 1.29 is 33.9 Å². The van der Waals surface area contributed by atoms with Crippen molar-refractivity contribution in [3.63, 3.8) is 0 Å². The van der Waals surface area contributed by atoms with Gasteiger partial charge in [0.2, 0.25) is 29.5 Å². The Bertz CT molecular complexity index is 811. The molecule has 0 rings (SSSR count). The number of carboxylic acid groups (broad SMARTS) is 1. The van der Waals surface area contributed by atoms with Gasteiger partial charge in [0.05, 0.1) is 12.3 Å². The largest absolute Gasteiger partial charge is 0.481 e. The summed E-state index contributed by atoms with van der Waals surface area (Å²) in [5, 5.41) is 25.8. The van der Waals surface area contributed by atoms with Crippen molar-refractivity contribution in [1.82, 2.24) is 21.3 Å². The zero-order chi connectivity index (χ0) is 26.8. The predicted octanol–water partition coefficient (Wildman–Crippen LogP) is -1.35. The molecule has 13 heteroatoms. The van der Waals surface area contributed by atoms with Gasteiger partial charge in [0.15, 0.2) is 0 Å². The quantitative estimate of drug-likeness (QED) is 0.147. The lowest BCUT2D eigenvalue weighted by molar-refractivity contribution is -0.141. The summed E-state index contributed by atoms with van der Waals surface area (Å²) in [5.74, 6) is -6.09. The maximum Gasteiger partial charge on any atom is 0.304 e. The fourth-order valence-corrected chi connectivity index (χ4v) is 2.69. The molecule has 192 valence electrons. The van der Waals surface area contributed by atoms with E-state index in [1.165, 1.54) is 27.7 Å². The molecule has 4 atom stereocenters. The van der Waals surface area contributed by atoms with Crippen molar-refractivity contribution in [3.8, 4) is 0 Å². The fraction of sp³-hybridized carbons (Fsp3) is 0.667. The van der Waals surface area contributed by atoms with Gasteiger partial charge in [-0.1, -0.05) is 13.8 Å². The molecule has 13 nitrogen and oxygen atoms in total. The van der Waals surface area contributed by atoms with Gasteiger partial charge in [-0.2, -0.15) is 0 Å². The maximum absolute atomic E-state index is 12.7. The third-order valence-electron chi connectivity index (χ3n) is 5.00. The van der Waals surface area contributed by atoms with E-state index in [0.29, 0.717) is 0 Å². The number of primary amides is 1. The van der Waals surface area contributed by atoms with Crippen LogP contribution in [-0.2, 0) is 28.8 Å². The standard InChI is InChI=1S/C21H36N6O7/c1-10(2)15(19(33)25-12(4)17(31)27-21(5,6)20(23)34)26-16(30)11(3)24-18(32)13(7-8-22)9-14(28)29/h8,10-13,15,22H,7,9H2,1-6H3,(H2,23,34)(H,24,32)(H,25,33)(H,26,30)(H,27,31)(H,28,29)/t11-,12-,13-,15-/m0/s1. The molecule has 0 unspecified atom stereocenters. The molecule has 0 spiro atoms. The van der Waals surface area contributed by atoms with E-state index >= 15 is 0 Å². The van der Waals surface area contributed by atoms with Crippen molar-refractivity contribution in [2.45, 2.75) is 78.0 Å². The third kappa shape index (κ3) is 9.96. The molecule has 0 aliphatic rings. The molecule has 0 aliphatic carbocycles. The molecule has 0 aliphatic heterocycles. The van der Waals surface area contributed by atoms with Gasteiger partial charge in [0.25, 0.3) is 0 Å². The Labute approximate surface area is 198 Å². The zero-order valence-corrected chi connectivity index (χ0v) is 20.4. The van der Waals surface area contributed by atoms with Crippen LogP contribution in [-0.4, -0.2) is 70.5 Å². The van der Waals surface area contributed by atoms with E-state index in [-0.39, 0.29) is 12.3 Å². The number of amides is 5. The first-order valence-electron chi connectivity index (χ1n) is 10.8. The predicted molar refractivity (Wildman–Crippen MR) is 123 cm³/mol. The summed E-state index contributed by atoms with van der Waals surface area (Å²) in [7, 11) is 0. The summed E-state index contributed by atoms with van der Waals surface area (Å²) in [6.45, 7) is 8.93. The highest BCUT2D eigenvalue weighted by molar-refractivity contribution is 5.96. The van der Waals surface area contributed by atoms with Crippen LogP contribution in [0.3, 0.4) is 0 Å². The minimum atomic E-state index is -1.33. The highest BCUT2D eigenvalue weighted by Gasteiger charge is 2.32. The molecule has 0 saturated carbocycles. The topological polar surface area (TPSA) is 221 Å². The SMILES string of the molecule is CC(C)[C@H](NC(=O)[C@H](C)NC(=O)[C@@H](CC=N)CC(=O)O)C(=O)N[C@@H](C)C(=O)NC(C)(C)C(N)=O. The van der Waals surface area contributed by atoms with Gasteiger partial charge in [-0.05, 0) is 46.2 Å². The second-order valence-corrected chi connectivity index (χ2v) is 8.90. The van der Waals surface area contributed by atoms with Crippen molar-refractivity contribution >= 4 is 41.7 Å². The van der Waals surface area contributed by atoms with Crippen LogP contribution >= 0.6 is 0 Å². The lowest BCUT2D eigenvalue weighted by Gasteiger charge is -2.27. The van der Waals surface area contributed by atoms with Gasteiger partial charge in [-0.25, -0.2) is 0 Å². The lowest BCUT2D eigenvalue weighted by atomic mass is 10.00. The second-order valence-electron chi connectivity index (χ2n) is 8.90. The van der Waals surface area contributed by atoms with E-state index in [1.807, 2.05) is 0 Å². The zero-order valence-electron chi connectivity index (χ0n) is 20.4. The molecule has 0 aromatic carbocycles. The van der Waals surface area contributed by atoms with Gasteiger partial charge >= 0.3 is 5.97 Å². The molecule has 5 amide bonds. The lowest BCUT2D eigenvalue weighted by Crippen LogP contribution is -2.60. The highest BCUT2D eigenvalue weighted by Crippen LogP contribution is 2.09. The summed E-state index contributed by atoms with van der Waals surface area (Å²) in [5.41, 5.74) is 3.90. The fourth-order valence-electron chi connectivity index (χ4n) is 2.69. The number of hydrogen-bond donors (Lipinski definition) is 7. The Kier molecular flexibility index (Phi) is 11.9. The van der Waals surface area contributed by atoms with E-state index in [2.05, 4.69) is 21.3 Å². The Balaban J connectivity index is 5.16. The van der Waals surface area contributed by atoms with Crippen LogP contribution in [0.2, 0.25) is 0 Å². The number of nitrogens with two attached hydrogens (primary N) is 1. The van der Waals surface area contributed by atoms with Crippen molar-refractivity contribution in [1.29, 1.82) is 5.41 Å². The highest BCUT2D eigenvalue weighted by atomic mass is 16.4. The third-order valence-corrected chi connectivity index (χ3v) is 5.00. The maximum atomic E-state index is 12.7. The summed E-state index contributed by atoms with van der Waals surface area (Å²) in [4.78, 5) is 72.2. The number of carboxylic acids is 1. The molecule has 0 aromatic rings. The summed E-state index contributed by atoms with van der Waals surface area (Å²) in [6, 6.07) is -3.19. The number of rotatable bonds is 14. The van der Waals surface area contributed by atoms with Crippen molar-refractivity contribution in [2.24, 2.45) is 17.6 Å². The van der Waals surface area contributed by atoms with E-state index in [4.69, 9.17) is 16.2 Å². The summed E-state index contributed by atoms with van der Waals surface area (Å²) >= 11 is 0.